The van der Waals surface area contributed by atoms with Crippen LogP contribution in [-0.2, 0) is 14.4 Å². The molecule has 0 bridgehead atoms. The van der Waals surface area contributed by atoms with Crippen molar-refractivity contribution >= 4 is 40.9 Å². The number of aryl methyl sites for hydroxylation is 2. The Morgan fingerprint density at radius 1 is 1.06 bits per heavy atom. The highest BCUT2D eigenvalue weighted by Crippen LogP contribution is 2.40. The maximum Gasteiger partial charge on any atom is 0.250 e. The molecule has 1 fully saturated rings. The number of amides is 3. The molecule has 1 saturated heterocycles. The maximum atomic E-state index is 13.4. The minimum absolute atomic E-state index is 0.131. The Kier molecular flexibility index (Phi) is 6.32. The summed E-state index contributed by atoms with van der Waals surface area (Å²) in [5.41, 5.74) is 3.41. The fourth-order valence-corrected chi connectivity index (χ4v) is 5.21. The fraction of sp³-hybridized carbons (Fsp3) is 0.375. The fourth-order valence-electron chi connectivity index (χ4n) is 4.02. The molecular formula is C24H27N3O3S. The quantitative estimate of drug-likeness (QED) is 0.740. The first-order chi connectivity index (χ1) is 14.9. The molecular weight excluding hydrogens is 410 g/mol. The van der Waals surface area contributed by atoms with Gasteiger partial charge in [-0.1, -0.05) is 24.3 Å². The second-order valence-electron chi connectivity index (χ2n) is 8.14. The van der Waals surface area contributed by atoms with Gasteiger partial charge in [-0.25, -0.2) is 0 Å². The SMILES string of the molecule is Cc1ccc(C)c(NC(=O)CN2C(=O)[C@H](C(=O)N3CCCCC3)Sc3ccccc32)c1. The van der Waals surface area contributed by atoms with E-state index in [0.717, 1.165) is 41.0 Å². The summed E-state index contributed by atoms with van der Waals surface area (Å²) in [5, 5.41) is 2.08. The molecule has 4 rings (SSSR count). The van der Waals surface area contributed by atoms with E-state index in [0.29, 0.717) is 18.8 Å². The Balaban J connectivity index is 1.56. The topological polar surface area (TPSA) is 69.7 Å². The predicted octanol–water partition coefficient (Wildman–Crippen LogP) is 3.76. The van der Waals surface area contributed by atoms with Crippen LogP contribution in [0.4, 0.5) is 11.4 Å². The second kappa shape index (κ2) is 9.14. The Morgan fingerprint density at radius 3 is 2.58 bits per heavy atom. The third-order valence-corrected chi connectivity index (χ3v) is 6.99. The van der Waals surface area contributed by atoms with Crippen molar-refractivity contribution in [2.75, 3.05) is 29.9 Å². The first-order valence-electron chi connectivity index (χ1n) is 10.7. The number of likely N-dealkylation sites (tertiary alicyclic amines) is 1. The van der Waals surface area contributed by atoms with Crippen LogP contribution < -0.4 is 10.2 Å². The van der Waals surface area contributed by atoms with E-state index in [-0.39, 0.29) is 24.3 Å². The lowest BCUT2D eigenvalue weighted by atomic mass is 10.1. The van der Waals surface area contributed by atoms with Crippen LogP contribution in [0.3, 0.4) is 0 Å². The average Bonchev–Trinajstić information content (AvgIpc) is 2.78. The average molecular weight is 438 g/mol. The zero-order valence-electron chi connectivity index (χ0n) is 17.9. The van der Waals surface area contributed by atoms with E-state index in [1.165, 1.54) is 16.7 Å². The molecule has 1 N–H and O–H groups in total. The van der Waals surface area contributed by atoms with E-state index in [4.69, 9.17) is 0 Å². The zero-order valence-corrected chi connectivity index (χ0v) is 18.7. The van der Waals surface area contributed by atoms with Crippen LogP contribution >= 0.6 is 11.8 Å². The summed E-state index contributed by atoms with van der Waals surface area (Å²) < 4.78 is 0. The monoisotopic (exact) mass is 437 g/mol. The minimum Gasteiger partial charge on any atom is -0.341 e. The van der Waals surface area contributed by atoms with Gasteiger partial charge in [0.15, 0.2) is 5.25 Å². The lowest BCUT2D eigenvalue weighted by Gasteiger charge is -2.36. The van der Waals surface area contributed by atoms with Gasteiger partial charge in [0.2, 0.25) is 11.8 Å². The van der Waals surface area contributed by atoms with Gasteiger partial charge in [0.1, 0.15) is 6.54 Å². The number of carbonyl (C=O) groups is 3. The van der Waals surface area contributed by atoms with Crippen LogP contribution in [0.1, 0.15) is 30.4 Å². The molecule has 0 radical (unpaired) electrons. The van der Waals surface area contributed by atoms with E-state index in [9.17, 15) is 14.4 Å². The second-order valence-corrected chi connectivity index (χ2v) is 9.29. The highest BCUT2D eigenvalue weighted by molar-refractivity contribution is 8.01. The van der Waals surface area contributed by atoms with E-state index in [1.54, 1.807) is 4.90 Å². The normalized spacial score (nSPS) is 18.5. The number of benzene rings is 2. The zero-order chi connectivity index (χ0) is 22.0. The Bertz CT molecular complexity index is 1020. The number of rotatable bonds is 4. The summed E-state index contributed by atoms with van der Waals surface area (Å²) in [6, 6.07) is 13.3. The van der Waals surface area contributed by atoms with Crippen LogP contribution in [-0.4, -0.2) is 47.5 Å². The van der Waals surface area contributed by atoms with Gasteiger partial charge >= 0.3 is 0 Å². The van der Waals surface area contributed by atoms with Crippen LogP contribution in [0, 0.1) is 13.8 Å². The van der Waals surface area contributed by atoms with Crippen molar-refractivity contribution in [3.05, 3.63) is 53.6 Å². The number of piperidine rings is 1. The van der Waals surface area contributed by atoms with E-state index in [1.807, 2.05) is 56.3 Å². The van der Waals surface area contributed by atoms with Crippen LogP contribution in [0.15, 0.2) is 47.4 Å². The van der Waals surface area contributed by atoms with Crippen molar-refractivity contribution in [1.82, 2.24) is 4.90 Å². The van der Waals surface area contributed by atoms with Gasteiger partial charge in [0, 0.05) is 23.7 Å². The van der Waals surface area contributed by atoms with Crippen molar-refractivity contribution in [2.24, 2.45) is 0 Å². The Labute approximate surface area is 187 Å². The molecule has 2 aliphatic heterocycles. The molecule has 2 aliphatic rings. The Hall–Kier alpha value is -2.80. The molecule has 31 heavy (non-hydrogen) atoms. The van der Waals surface area contributed by atoms with Crippen LogP contribution in [0.25, 0.3) is 0 Å². The molecule has 0 spiro atoms. The lowest BCUT2D eigenvalue weighted by molar-refractivity contribution is -0.135. The van der Waals surface area contributed by atoms with Gasteiger partial charge in [-0.3, -0.25) is 14.4 Å². The lowest BCUT2D eigenvalue weighted by Crippen LogP contribution is -2.52. The predicted molar refractivity (Wildman–Crippen MR) is 123 cm³/mol. The van der Waals surface area contributed by atoms with Crippen molar-refractivity contribution in [3.63, 3.8) is 0 Å². The number of nitrogens with zero attached hydrogens (tertiary/aromatic N) is 2. The van der Waals surface area contributed by atoms with Gasteiger partial charge < -0.3 is 15.1 Å². The van der Waals surface area contributed by atoms with Crippen LogP contribution in [0.2, 0.25) is 0 Å². The minimum atomic E-state index is -0.846. The molecule has 0 aromatic heterocycles. The van der Waals surface area contributed by atoms with Crippen molar-refractivity contribution < 1.29 is 14.4 Å². The summed E-state index contributed by atoms with van der Waals surface area (Å²) in [6.45, 7) is 5.15. The summed E-state index contributed by atoms with van der Waals surface area (Å²) in [7, 11) is 0. The molecule has 1 atom stereocenters. The molecule has 162 valence electrons. The summed E-state index contributed by atoms with van der Waals surface area (Å²) in [5.74, 6) is -0.757. The molecule has 6 nitrogen and oxygen atoms in total. The van der Waals surface area contributed by atoms with Gasteiger partial charge in [0.05, 0.1) is 5.69 Å². The first-order valence-corrected chi connectivity index (χ1v) is 11.5. The van der Waals surface area contributed by atoms with Crippen molar-refractivity contribution in [3.8, 4) is 0 Å². The largest absolute Gasteiger partial charge is 0.341 e. The molecule has 7 heteroatoms. The third kappa shape index (κ3) is 4.61. The number of nitrogens with one attached hydrogen (secondary N) is 1. The van der Waals surface area contributed by atoms with Crippen LogP contribution in [0.5, 0.6) is 0 Å². The van der Waals surface area contributed by atoms with E-state index >= 15 is 0 Å². The first kappa shape index (κ1) is 21.4. The smallest absolute Gasteiger partial charge is 0.250 e. The summed E-state index contributed by atoms with van der Waals surface area (Å²) in [4.78, 5) is 43.5. The Morgan fingerprint density at radius 2 is 1.81 bits per heavy atom. The van der Waals surface area contributed by atoms with Gasteiger partial charge in [-0.05, 0) is 62.4 Å². The summed E-state index contributed by atoms with van der Waals surface area (Å²) in [6.07, 6.45) is 3.05. The number of carbonyl (C=O) groups excluding carboxylic acids is 3. The van der Waals surface area contributed by atoms with E-state index < -0.39 is 5.25 Å². The molecule has 2 aromatic rings. The van der Waals surface area contributed by atoms with Gasteiger partial charge in [0.25, 0.3) is 5.91 Å². The molecule has 0 saturated carbocycles. The molecule has 0 aliphatic carbocycles. The third-order valence-electron chi connectivity index (χ3n) is 5.75. The highest BCUT2D eigenvalue weighted by Gasteiger charge is 2.41. The number of para-hydroxylation sites is 1. The number of hydrogen-bond acceptors (Lipinski definition) is 4. The number of hydrogen-bond donors (Lipinski definition) is 1. The highest BCUT2D eigenvalue weighted by atomic mass is 32.2. The van der Waals surface area contributed by atoms with Crippen molar-refractivity contribution in [2.45, 2.75) is 43.3 Å². The maximum absolute atomic E-state index is 13.4. The van der Waals surface area contributed by atoms with Crippen molar-refractivity contribution in [1.29, 1.82) is 0 Å². The standard InChI is InChI=1S/C24H27N3O3S/c1-16-10-11-17(2)18(14-16)25-21(28)15-27-19-8-4-5-9-20(19)31-22(24(27)30)23(29)26-12-6-3-7-13-26/h4-5,8-11,14,22H,3,6-7,12-13,15H2,1-2H3,(H,25,28)/t22-/m0/s1. The number of fused-ring (bicyclic) bond motifs is 1. The van der Waals surface area contributed by atoms with E-state index in [2.05, 4.69) is 5.32 Å². The molecule has 0 unspecified atom stereocenters. The molecule has 3 amide bonds. The summed E-state index contributed by atoms with van der Waals surface area (Å²) >= 11 is 1.29. The van der Waals surface area contributed by atoms with Gasteiger partial charge in [-0.2, -0.15) is 0 Å². The number of anilines is 2. The number of thioether (sulfide) groups is 1. The molecule has 2 aromatic carbocycles. The molecule has 2 heterocycles. The van der Waals surface area contributed by atoms with Gasteiger partial charge in [-0.15, -0.1) is 11.8 Å².